The minimum absolute atomic E-state index is 0.380. The molecule has 2 aromatic heterocycles. The Morgan fingerprint density at radius 2 is 2.14 bits per heavy atom. The molecule has 0 amide bonds. The van der Waals surface area contributed by atoms with E-state index >= 15 is 0 Å². The van der Waals surface area contributed by atoms with Crippen molar-refractivity contribution in [2.24, 2.45) is 5.92 Å². The number of nitrogens with two attached hydrogens (primary N) is 1. The summed E-state index contributed by atoms with van der Waals surface area (Å²) in [6.07, 6.45) is 9.10. The zero-order valence-electron chi connectivity index (χ0n) is 12.6. The van der Waals surface area contributed by atoms with Crippen LogP contribution in [0.2, 0.25) is 0 Å². The van der Waals surface area contributed by atoms with E-state index in [-0.39, 0.29) is 0 Å². The number of aryl methyl sites for hydroxylation is 1. The molecule has 114 valence electrons. The van der Waals surface area contributed by atoms with Gasteiger partial charge in [-0.1, -0.05) is 26.2 Å². The molecule has 0 unspecified atom stereocenters. The van der Waals surface area contributed by atoms with Crippen LogP contribution in [-0.4, -0.2) is 26.1 Å². The molecular formula is C15H23N5O. The number of aromatic nitrogens is 4. The van der Waals surface area contributed by atoms with Crippen LogP contribution in [0, 0.1) is 5.92 Å². The van der Waals surface area contributed by atoms with Gasteiger partial charge in [-0.2, -0.15) is 9.97 Å². The number of ether oxygens (including phenoxy) is 1. The van der Waals surface area contributed by atoms with E-state index in [1.165, 1.54) is 25.7 Å². The predicted molar refractivity (Wildman–Crippen MR) is 82.1 cm³/mol. The molecule has 1 saturated carbocycles. The second-order valence-corrected chi connectivity index (χ2v) is 5.82. The van der Waals surface area contributed by atoms with Crippen LogP contribution in [0.3, 0.4) is 0 Å². The smallest absolute Gasteiger partial charge is 0.320 e. The third kappa shape index (κ3) is 3.09. The Morgan fingerprint density at radius 1 is 1.33 bits per heavy atom. The van der Waals surface area contributed by atoms with Gasteiger partial charge in [0, 0.05) is 6.54 Å². The Labute approximate surface area is 124 Å². The Balaban J connectivity index is 1.78. The van der Waals surface area contributed by atoms with Gasteiger partial charge in [-0.25, -0.2) is 4.98 Å². The molecule has 1 aliphatic carbocycles. The second kappa shape index (κ2) is 6.28. The molecular weight excluding hydrogens is 266 g/mol. The molecule has 0 spiro atoms. The highest BCUT2D eigenvalue weighted by atomic mass is 16.5. The molecule has 1 fully saturated rings. The van der Waals surface area contributed by atoms with Crippen LogP contribution >= 0.6 is 0 Å². The van der Waals surface area contributed by atoms with E-state index in [1.807, 2.05) is 4.57 Å². The van der Waals surface area contributed by atoms with Gasteiger partial charge in [0.25, 0.3) is 0 Å². The molecule has 2 N–H and O–H groups in total. The van der Waals surface area contributed by atoms with Crippen LogP contribution in [0.4, 0.5) is 5.82 Å². The highest BCUT2D eigenvalue weighted by Crippen LogP contribution is 2.26. The quantitative estimate of drug-likeness (QED) is 0.884. The topological polar surface area (TPSA) is 78.9 Å². The number of hydrogen-bond donors (Lipinski definition) is 1. The maximum Gasteiger partial charge on any atom is 0.320 e. The third-order valence-electron chi connectivity index (χ3n) is 4.15. The number of hydrogen-bond acceptors (Lipinski definition) is 5. The van der Waals surface area contributed by atoms with Crippen LogP contribution in [-0.2, 0) is 6.54 Å². The number of nitrogen functional groups attached to an aromatic ring is 1. The first-order chi connectivity index (χ1) is 10.3. The fourth-order valence-electron chi connectivity index (χ4n) is 2.87. The average molecular weight is 289 g/mol. The van der Waals surface area contributed by atoms with Crippen LogP contribution in [0.1, 0.15) is 45.4 Å². The molecule has 0 atom stereocenters. The number of imidazole rings is 1. The normalized spacial score (nSPS) is 15.9. The first kappa shape index (κ1) is 14.1. The summed E-state index contributed by atoms with van der Waals surface area (Å²) in [6, 6.07) is 0.380. The van der Waals surface area contributed by atoms with Gasteiger partial charge in [0.15, 0.2) is 11.5 Å². The van der Waals surface area contributed by atoms with E-state index < -0.39 is 0 Å². The number of rotatable bonds is 6. The highest BCUT2D eigenvalue weighted by Gasteiger charge is 2.17. The van der Waals surface area contributed by atoms with Gasteiger partial charge in [-0.15, -0.1) is 0 Å². The Hall–Kier alpha value is -1.85. The van der Waals surface area contributed by atoms with Gasteiger partial charge < -0.3 is 15.0 Å². The second-order valence-electron chi connectivity index (χ2n) is 5.82. The van der Waals surface area contributed by atoms with E-state index in [4.69, 9.17) is 10.5 Å². The molecule has 2 aromatic rings. The van der Waals surface area contributed by atoms with Gasteiger partial charge in [-0.3, -0.25) is 0 Å². The molecule has 0 radical (unpaired) electrons. The van der Waals surface area contributed by atoms with E-state index in [9.17, 15) is 0 Å². The standard InChI is InChI=1S/C15H23N5O/c1-2-3-8-20-10-17-12-13(16)18-15(19-14(12)20)21-9-11-6-4-5-7-11/h10-11H,2-9H2,1H3,(H2,16,18,19). The van der Waals surface area contributed by atoms with Gasteiger partial charge >= 0.3 is 6.01 Å². The van der Waals surface area contributed by atoms with Crippen molar-refractivity contribution in [2.75, 3.05) is 12.3 Å². The summed E-state index contributed by atoms with van der Waals surface area (Å²) >= 11 is 0. The maximum atomic E-state index is 5.98. The lowest BCUT2D eigenvalue weighted by molar-refractivity contribution is 0.235. The minimum atomic E-state index is 0.380. The average Bonchev–Trinajstić information content (AvgIpc) is 3.13. The summed E-state index contributed by atoms with van der Waals surface area (Å²) in [4.78, 5) is 13.0. The van der Waals surface area contributed by atoms with Gasteiger partial charge in [0.05, 0.1) is 12.9 Å². The summed E-state index contributed by atoms with van der Waals surface area (Å²) < 4.78 is 7.79. The SMILES string of the molecule is CCCCn1cnc2c(N)nc(OCC3CCCC3)nc21. The molecule has 6 nitrogen and oxygen atoms in total. The molecule has 21 heavy (non-hydrogen) atoms. The first-order valence-electron chi connectivity index (χ1n) is 7.89. The maximum absolute atomic E-state index is 5.98. The fourth-order valence-corrected chi connectivity index (χ4v) is 2.87. The molecule has 0 bridgehead atoms. The van der Waals surface area contributed by atoms with Crippen molar-refractivity contribution in [2.45, 2.75) is 52.0 Å². The predicted octanol–water partition coefficient (Wildman–Crippen LogP) is 2.78. The summed E-state index contributed by atoms with van der Waals surface area (Å²) in [5, 5.41) is 0. The monoisotopic (exact) mass is 289 g/mol. The van der Waals surface area contributed by atoms with Crippen molar-refractivity contribution in [1.82, 2.24) is 19.5 Å². The van der Waals surface area contributed by atoms with Crippen molar-refractivity contribution in [1.29, 1.82) is 0 Å². The molecule has 1 aliphatic rings. The molecule has 0 aromatic carbocycles. The van der Waals surface area contributed by atoms with E-state index in [0.29, 0.717) is 29.9 Å². The number of unbranched alkanes of at least 4 members (excludes halogenated alkanes) is 1. The minimum Gasteiger partial charge on any atom is -0.463 e. The molecule has 0 saturated heterocycles. The molecule has 3 rings (SSSR count). The number of anilines is 1. The summed E-state index contributed by atoms with van der Waals surface area (Å²) in [5.41, 5.74) is 7.42. The number of nitrogens with zero attached hydrogens (tertiary/aromatic N) is 4. The summed E-state index contributed by atoms with van der Waals surface area (Å²) in [6.45, 7) is 3.75. The van der Waals surface area contributed by atoms with Crippen molar-refractivity contribution in [3.8, 4) is 6.01 Å². The van der Waals surface area contributed by atoms with E-state index in [1.54, 1.807) is 6.33 Å². The largest absolute Gasteiger partial charge is 0.463 e. The summed E-state index contributed by atoms with van der Waals surface area (Å²) in [5.74, 6) is 1.03. The highest BCUT2D eigenvalue weighted by molar-refractivity contribution is 5.81. The number of fused-ring (bicyclic) bond motifs is 1. The van der Waals surface area contributed by atoms with Gasteiger partial charge in [-0.05, 0) is 25.2 Å². The summed E-state index contributed by atoms with van der Waals surface area (Å²) in [7, 11) is 0. The van der Waals surface area contributed by atoms with Crippen LogP contribution in [0.15, 0.2) is 6.33 Å². The van der Waals surface area contributed by atoms with E-state index in [2.05, 4.69) is 21.9 Å². The van der Waals surface area contributed by atoms with Crippen LogP contribution < -0.4 is 10.5 Å². The Morgan fingerprint density at radius 3 is 2.90 bits per heavy atom. The zero-order chi connectivity index (χ0) is 14.7. The van der Waals surface area contributed by atoms with Crippen molar-refractivity contribution in [3.63, 3.8) is 0 Å². The Bertz CT molecular complexity index is 603. The van der Waals surface area contributed by atoms with Crippen LogP contribution in [0.5, 0.6) is 6.01 Å². The van der Waals surface area contributed by atoms with Crippen molar-refractivity contribution >= 4 is 17.0 Å². The lowest BCUT2D eigenvalue weighted by Gasteiger charge is -2.10. The first-order valence-corrected chi connectivity index (χ1v) is 7.89. The Kier molecular flexibility index (Phi) is 4.22. The van der Waals surface area contributed by atoms with Crippen molar-refractivity contribution in [3.05, 3.63) is 6.33 Å². The lowest BCUT2D eigenvalue weighted by Crippen LogP contribution is -2.11. The van der Waals surface area contributed by atoms with Crippen LogP contribution in [0.25, 0.3) is 11.2 Å². The van der Waals surface area contributed by atoms with Gasteiger partial charge in [0.2, 0.25) is 0 Å². The van der Waals surface area contributed by atoms with E-state index in [0.717, 1.165) is 25.0 Å². The molecule has 2 heterocycles. The molecule has 6 heteroatoms. The lowest BCUT2D eigenvalue weighted by atomic mass is 10.1. The molecule has 0 aliphatic heterocycles. The zero-order valence-corrected chi connectivity index (χ0v) is 12.6. The third-order valence-corrected chi connectivity index (χ3v) is 4.15. The van der Waals surface area contributed by atoms with Gasteiger partial charge in [0.1, 0.15) is 5.52 Å². The fraction of sp³-hybridized carbons (Fsp3) is 0.667. The van der Waals surface area contributed by atoms with Crippen molar-refractivity contribution < 1.29 is 4.74 Å².